The molecule has 0 radical (unpaired) electrons. The number of benzene rings is 1. The third-order valence-electron chi connectivity index (χ3n) is 4.36. The van der Waals surface area contributed by atoms with E-state index in [9.17, 15) is 13.2 Å². The third-order valence-corrected chi connectivity index (χ3v) is 5.05. The van der Waals surface area contributed by atoms with Crippen molar-refractivity contribution >= 4 is 32.5 Å². The largest absolute Gasteiger partial charge is 0.324 e. The maximum Gasteiger partial charge on any atom is 0.321 e. The van der Waals surface area contributed by atoms with Gasteiger partial charge in [-0.3, -0.25) is 4.98 Å². The minimum Gasteiger partial charge on any atom is -0.324 e. The number of amides is 2. The summed E-state index contributed by atoms with van der Waals surface area (Å²) < 4.78 is 25.0. The van der Waals surface area contributed by atoms with Crippen LogP contribution in [0.15, 0.2) is 36.7 Å². The molecule has 1 aromatic heterocycles. The average Bonchev–Trinajstić information content (AvgIpc) is 2.60. The predicted octanol–water partition coefficient (Wildman–Crippen LogP) is 2.03. The van der Waals surface area contributed by atoms with E-state index in [2.05, 4.69) is 15.0 Å². The second kappa shape index (κ2) is 7.37. The van der Waals surface area contributed by atoms with Gasteiger partial charge in [-0.25, -0.2) is 17.9 Å². The molecule has 2 amide bonds. The molecule has 0 spiro atoms. The molecule has 1 atom stereocenters. The number of carbonyl (C=O) groups excluding carboxylic acids is 1. The molecule has 2 aromatic rings. The number of carbonyl (C=O) groups is 1. The number of likely N-dealkylation sites (tertiary alicyclic amines) is 1. The summed E-state index contributed by atoms with van der Waals surface area (Å²) in [5.41, 5.74) is 0.751. The Hall–Kier alpha value is -2.19. The summed E-state index contributed by atoms with van der Waals surface area (Å²) in [6, 6.07) is 7.42. The van der Waals surface area contributed by atoms with Crippen molar-refractivity contribution in [2.24, 2.45) is 5.92 Å². The summed E-state index contributed by atoms with van der Waals surface area (Å²) in [4.78, 5) is 18.5. The number of sulfonamides is 1. The highest BCUT2D eigenvalue weighted by Crippen LogP contribution is 2.23. The van der Waals surface area contributed by atoms with Crippen LogP contribution in [0.5, 0.6) is 0 Å². The zero-order valence-electron chi connectivity index (χ0n) is 14.1. The van der Waals surface area contributed by atoms with E-state index in [0.717, 1.165) is 35.6 Å². The van der Waals surface area contributed by atoms with Crippen LogP contribution in [0.3, 0.4) is 0 Å². The highest BCUT2D eigenvalue weighted by molar-refractivity contribution is 7.88. The maximum absolute atomic E-state index is 12.6. The van der Waals surface area contributed by atoms with Gasteiger partial charge in [0.15, 0.2) is 0 Å². The molecular formula is C17H22N4O3S. The molecule has 1 saturated heterocycles. The lowest BCUT2D eigenvalue weighted by Gasteiger charge is -2.32. The van der Waals surface area contributed by atoms with Crippen molar-refractivity contribution in [3.05, 3.63) is 36.7 Å². The Morgan fingerprint density at radius 1 is 1.36 bits per heavy atom. The van der Waals surface area contributed by atoms with Crippen LogP contribution < -0.4 is 10.0 Å². The molecule has 134 valence electrons. The summed E-state index contributed by atoms with van der Waals surface area (Å²) in [6.07, 6.45) is 6.38. The predicted molar refractivity (Wildman–Crippen MR) is 97.9 cm³/mol. The van der Waals surface area contributed by atoms with E-state index < -0.39 is 10.0 Å². The number of rotatable bonds is 4. The number of urea groups is 1. The second-order valence-electron chi connectivity index (χ2n) is 6.41. The van der Waals surface area contributed by atoms with Gasteiger partial charge >= 0.3 is 6.03 Å². The number of fused-ring (bicyclic) bond motifs is 1. The van der Waals surface area contributed by atoms with Gasteiger partial charge in [-0.15, -0.1) is 0 Å². The Morgan fingerprint density at radius 2 is 2.20 bits per heavy atom. The SMILES string of the molecule is CS(=O)(=O)NCC1CCCN(C(=O)Nc2cccc3cnccc23)C1. The topological polar surface area (TPSA) is 91.4 Å². The van der Waals surface area contributed by atoms with E-state index in [1.807, 2.05) is 24.3 Å². The van der Waals surface area contributed by atoms with Gasteiger partial charge in [-0.2, -0.15) is 0 Å². The lowest BCUT2D eigenvalue weighted by Crippen LogP contribution is -2.45. The Kier molecular flexibility index (Phi) is 5.19. The van der Waals surface area contributed by atoms with E-state index in [4.69, 9.17) is 0 Å². The van der Waals surface area contributed by atoms with E-state index in [1.165, 1.54) is 0 Å². The quantitative estimate of drug-likeness (QED) is 0.870. The van der Waals surface area contributed by atoms with Crippen LogP contribution in [0.4, 0.5) is 10.5 Å². The summed E-state index contributed by atoms with van der Waals surface area (Å²) in [5, 5.41) is 4.88. The van der Waals surface area contributed by atoms with Gasteiger partial charge < -0.3 is 10.2 Å². The molecule has 7 nitrogen and oxygen atoms in total. The molecule has 1 aliphatic heterocycles. The maximum atomic E-state index is 12.6. The van der Waals surface area contributed by atoms with Crippen LogP contribution in [0.25, 0.3) is 10.8 Å². The molecule has 1 aromatic carbocycles. The minimum atomic E-state index is -3.21. The van der Waals surface area contributed by atoms with Crippen LogP contribution in [0, 0.1) is 5.92 Å². The lowest BCUT2D eigenvalue weighted by atomic mass is 9.99. The number of nitrogens with zero attached hydrogens (tertiary/aromatic N) is 2. The fourth-order valence-corrected chi connectivity index (χ4v) is 3.65. The Balaban J connectivity index is 1.66. The van der Waals surface area contributed by atoms with Crippen molar-refractivity contribution in [1.82, 2.24) is 14.6 Å². The van der Waals surface area contributed by atoms with Crippen LogP contribution in [0.1, 0.15) is 12.8 Å². The van der Waals surface area contributed by atoms with Crippen molar-refractivity contribution in [3.63, 3.8) is 0 Å². The number of aromatic nitrogens is 1. The fraction of sp³-hybridized carbons (Fsp3) is 0.412. The van der Waals surface area contributed by atoms with Crippen molar-refractivity contribution < 1.29 is 13.2 Å². The van der Waals surface area contributed by atoms with Crippen LogP contribution in [-0.2, 0) is 10.0 Å². The van der Waals surface area contributed by atoms with Crippen LogP contribution >= 0.6 is 0 Å². The Morgan fingerprint density at radius 3 is 3.00 bits per heavy atom. The number of anilines is 1. The van der Waals surface area contributed by atoms with Gasteiger partial charge in [0.2, 0.25) is 10.0 Å². The molecule has 1 unspecified atom stereocenters. The van der Waals surface area contributed by atoms with E-state index in [0.29, 0.717) is 19.6 Å². The lowest BCUT2D eigenvalue weighted by molar-refractivity contribution is 0.178. The molecule has 25 heavy (non-hydrogen) atoms. The first kappa shape index (κ1) is 17.6. The number of pyridine rings is 1. The summed E-state index contributed by atoms with van der Waals surface area (Å²) in [7, 11) is -3.21. The molecule has 2 N–H and O–H groups in total. The zero-order valence-corrected chi connectivity index (χ0v) is 14.9. The monoisotopic (exact) mass is 362 g/mol. The van der Waals surface area contributed by atoms with E-state index >= 15 is 0 Å². The molecule has 3 rings (SSSR count). The van der Waals surface area contributed by atoms with E-state index in [1.54, 1.807) is 17.3 Å². The number of nitrogens with one attached hydrogen (secondary N) is 2. The Bertz CT molecular complexity index is 864. The summed E-state index contributed by atoms with van der Waals surface area (Å²) in [5.74, 6) is 0.131. The van der Waals surface area contributed by atoms with Crippen molar-refractivity contribution in [2.75, 3.05) is 31.2 Å². The van der Waals surface area contributed by atoms with Gasteiger partial charge in [-0.05, 0) is 30.9 Å². The minimum absolute atomic E-state index is 0.131. The first-order valence-corrected chi connectivity index (χ1v) is 10.1. The van der Waals surface area contributed by atoms with Gasteiger partial charge in [-0.1, -0.05) is 12.1 Å². The molecule has 2 heterocycles. The van der Waals surface area contributed by atoms with E-state index in [-0.39, 0.29) is 11.9 Å². The normalized spacial score (nSPS) is 18.3. The van der Waals surface area contributed by atoms with Crippen LogP contribution in [-0.4, -0.2) is 50.2 Å². The standard InChI is InChI=1S/C17H22N4O3S/c1-25(23,24)19-10-13-4-3-9-21(12-13)17(22)20-16-6-2-5-14-11-18-8-7-15(14)16/h2,5-8,11,13,19H,3-4,9-10,12H2,1H3,(H,20,22). The first-order valence-electron chi connectivity index (χ1n) is 8.26. The highest BCUT2D eigenvalue weighted by atomic mass is 32.2. The average molecular weight is 362 g/mol. The molecular weight excluding hydrogens is 340 g/mol. The molecule has 0 bridgehead atoms. The fourth-order valence-electron chi connectivity index (χ4n) is 3.11. The molecule has 0 aliphatic carbocycles. The van der Waals surface area contributed by atoms with Crippen molar-refractivity contribution in [2.45, 2.75) is 12.8 Å². The smallest absolute Gasteiger partial charge is 0.321 e. The third kappa shape index (κ3) is 4.67. The molecule has 8 heteroatoms. The zero-order chi connectivity index (χ0) is 17.9. The van der Waals surface area contributed by atoms with Crippen LogP contribution in [0.2, 0.25) is 0 Å². The summed E-state index contributed by atoms with van der Waals surface area (Å²) >= 11 is 0. The summed E-state index contributed by atoms with van der Waals surface area (Å²) in [6.45, 7) is 1.58. The second-order valence-corrected chi connectivity index (χ2v) is 8.24. The van der Waals surface area contributed by atoms with Gasteiger partial charge in [0.1, 0.15) is 0 Å². The van der Waals surface area contributed by atoms with Crippen molar-refractivity contribution in [1.29, 1.82) is 0 Å². The number of hydrogen-bond donors (Lipinski definition) is 2. The molecule has 0 saturated carbocycles. The first-order chi connectivity index (χ1) is 11.9. The molecule has 1 fully saturated rings. The number of hydrogen-bond acceptors (Lipinski definition) is 4. The molecule has 1 aliphatic rings. The Labute approximate surface area is 147 Å². The van der Waals surface area contributed by atoms with Gasteiger partial charge in [0, 0.05) is 42.8 Å². The van der Waals surface area contributed by atoms with Gasteiger partial charge in [0.05, 0.1) is 11.9 Å². The highest BCUT2D eigenvalue weighted by Gasteiger charge is 2.24. The number of piperidine rings is 1. The van der Waals surface area contributed by atoms with Crippen molar-refractivity contribution in [3.8, 4) is 0 Å². The van der Waals surface area contributed by atoms with Gasteiger partial charge in [0.25, 0.3) is 0 Å².